The number of esters is 1. The Kier molecular flexibility index (Phi) is 8.94. The second-order valence-corrected chi connectivity index (χ2v) is 8.27. The van der Waals surface area contributed by atoms with E-state index >= 15 is 0 Å². The topological polar surface area (TPSA) is 111 Å². The molecular formula is C28H28N2O6. The van der Waals surface area contributed by atoms with Gasteiger partial charge in [-0.2, -0.15) is 0 Å². The van der Waals surface area contributed by atoms with E-state index in [9.17, 15) is 19.2 Å². The van der Waals surface area contributed by atoms with E-state index in [-0.39, 0.29) is 24.5 Å². The highest BCUT2D eigenvalue weighted by atomic mass is 16.5. The van der Waals surface area contributed by atoms with E-state index < -0.39 is 18.5 Å². The van der Waals surface area contributed by atoms with Crippen LogP contribution in [0.2, 0.25) is 0 Å². The zero-order valence-electron chi connectivity index (χ0n) is 20.4. The van der Waals surface area contributed by atoms with Crippen LogP contribution in [0.5, 0.6) is 11.5 Å². The minimum Gasteiger partial charge on any atom is -0.457 e. The highest BCUT2D eigenvalue weighted by Gasteiger charge is 2.12. The predicted molar refractivity (Wildman–Crippen MR) is 136 cm³/mol. The average Bonchev–Trinajstić information content (AvgIpc) is 2.85. The molecule has 3 aromatic rings. The van der Waals surface area contributed by atoms with E-state index in [0.29, 0.717) is 22.7 Å². The molecule has 0 aliphatic carbocycles. The van der Waals surface area contributed by atoms with Crippen molar-refractivity contribution in [3.63, 3.8) is 0 Å². The molecule has 8 heteroatoms. The Labute approximate surface area is 209 Å². The summed E-state index contributed by atoms with van der Waals surface area (Å²) in [6.07, 6.45) is -0.269. The van der Waals surface area contributed by atoms with Crippen LogP contribution in [0.1, 0.15) is 41.3 Å². The number of hydrogen-bond donors (Lipinski definition) is 2. The molecule has 2 N–H and O–H groups in total. The third-order valence-electron chi connectivity index (χ3n) is 5.33. The second-order valence-electron chi connectivity index (χ2n) is 8.27. The van der Waals surface area contributed by atoms with Gasteiger partial charge in [-0.25, -0.2) is 0 Å². The van der Waals surface area contributed by atoms with Gasteiger partial charge in [0.25, 0.3) is 5.91 Å². The van der Waals surface area contributed by atoms with Crippen LogP contribution in [0.15, 0.2) is 66.7 Å². The van der Waals surface area contributed by atoms with Gasteiger partial charge in [0.1, 0.15) is 11.5 Å². The van der Waals surface area contributed by atoms with Crippen molar-refractivity contribution in [3.05, 3.63) is 83.4 Å². The molecule has 0 atom stereocenters. The van der Waals surface area contributed by atoms with Gasteiger partial charge >= 0.3 is 5.97 Å². The number of amides is 2. The van der Waals surface area contributed by atoms with Gasteiger partial charge in [0.15, 0.2) is 12.4 Å². The number of anilines is 2. The van der Waals surface area contributed by atoms with Crippen molar-refractivity contribution < 1.29 is 28.7 Å². The molecule has 0 unspecified atom stereocenters. The molecule has 0 spiro atoms. The van der Waals surface area contributed by atoms with Gasteiger partial charge in [0.2, 0.25) is 5.91 Å². The lowest BCUT2D eigenvalue weighted by atomic mass is 10.1. The smallest absolute Gasteiger partial charge is 0.306 e. The maximum absolute atomic E-state index is 12.2. The standard InChI is InChI=1S/C28H28N2O6/c1-18-7-10-25(15-19(18)2)36-24-11-8-22(9-12-24)29-26(32)13-14-28(34)35-17-27(33)30-23-6-4-5-21(16-23)20(3)31/h4-12,15-16H,13-14,17H2,1-3H3,(H,29,32)(H,30,33). The van der Waals surface area contributed by atoms with Gasteiger partial charge in [0.05, 0.1) is 6.42 Å². The fourth-order valence-electron chi connectivity index (χ4n) is 3.19. The maximum Gasteiger partial charge on any atom is 0.306 e. The molecule has 0 radical (unpaired) electrons. The Morgan fingerprint density at radius 3 is 2.11 bits per heavy atom. The predicted octanol–water partition coefficient (Wildman–Crippen LogP) is 5.20. The number of carbonyl (C=O) groups excluding carboxylic acids is 4. The second kappa shape index (κ2) is 12.3. The van der Waals surface area contributed by atoms with Gasteiger partial charge in [0, 0.05) is 23.4 Å². The summed E-state index contributed by atoms with van der Waals surface area (Å²) in [5.74, 6) is -0.345. The highest BCUT2D eigenvalue weighted by Crippen LogP contribution is 2.25. The van der Waals surface area contributed by atoms with Crippen LogP contribution in [-0.4, -0.2) is 30.2 Å². The number of benzene rings is 3. The summed E-state index contributed by atoms with van der Waals surface area (Å²) in [5, 5.41) is 5.26. The van der Waals surface area contributed by atoms with Crippen LogP contribution < -0.4 is 15.4 Å². The monoisotopic (exact) mass is 488 g/mol. The van der Waals surface area contributed by atoms with Crippen LogP contribution in [0, 0.1) is 13.8 Å². The Balaban J connectivity index is 1.38. The lowest BCUT2D eigenvalue weighted by Crippen LogP contribution is -2.22. The van der Waals surface area contributed by atoms with E-state index in [4.69, 9.17) is 9.47 Å². The number of ether oxygens (including phenoxy) is 2. The summed E-state index contributed by atoms with van der Waals surface area (Å²) in [7, 11) is 0. The molecule has 3 rings (SSSR count). The molecule has 186 valence electrons. The average molecular weight is 489 g/mol. The normalized spacial score (nSPS) is 10.3. The lowest BCUT2D eigenvalue weighted by Gasteiger charge is -2.10. The zero-order valence-corrected chi connectivity index (χ0v) is 20.4. The quantitative estimate of drug-likeness (QED) is 0.300. The molecule has 8 nitrogen and oxygen atoms in total. The van der Waals surface area contributed by atoms with Crippen molar-refractivity contribution in [1.82, 2.24) is 0 Å². The molecular weight excluding hydrogens is 460 g/mol. The summed E-state index contributed by atoms with van der Waals surface area (Å²) >= 11 is 0. The van der Waals surface area contributed by atoms with Crippen molar-refractivity contribution >= 4 is 34.9 Å². The Morgan fingerprint density at radius 1 is 0.722 bits per heavy atom. The van der Waals surface area contributed by atoms with E-state index in [2.05, 4.69) is 10.6 Å². The van der Waals surface area contributed by atoms with Crippen LogP contribution >= 0.6 is 0 Å². The van der Waals surface area contributed by atoms with Crippen molar-refractivity contribution in [1.29, 1.82) is 0 Å². The molecule has 0 aromatic heterocycles. The van der Waals surface area contributed by atoms with Gasteiger partial charge in [-0.15, -0.1) is 0 Å². The number of carbonyl (C=O) groups is 4. The van der Waals surface area contributed by atoms with Gasteiger partial charge < -0.3 is 20.1 Å². The van der Waals surface area contributed by atoms with Crippen molar-refractivity contribution in [3.8, 4) is 11.5 Å². The van der Waals surface area contributed by atoms with Gasteiger partial charge in [-0.3, -0.25) is 19.2 Å². The van der Waals surface area contributed by atoms with Crippen molar-refractivity contribution in [2.24, 2.45) is 0 Å². The van der Waals surface area contributed by atoms with Crippen LogP contribution in [0.4, 0.5) is 11.4 Å². The summed E-state index contributed by atoms with van der Waals surface area (Å²) in [5.41, 5.74) is 3.76. The molecule has 3 aromatic carbocycles. The third kappa shape index (κ3) is 8.09. The molecule has 0 aliphatic heterocycles. The first-order valence-corrected chi connectivity index (χ1v) is 11.4. The van der Waals surface area contributed by atoms with E-state index in [0.717, 1.165) is 11.3 Å². The Morgan fingerprint density at radius 2 is 1.42 bits per heavy atom. The largest absolute Gasteiger partial charge is 0.457 e. The maximum atomic E-state index is 12.2. The van der Waals surface area contributed by atoms with Crippen LogP contribution in [0.3, 0.4) is 0 Å². The first kappa shape index (κ1) is 26.2. The Bertz CT molecular complexity index is 1270. The minimum atomic E-state index is -0.671. The first-order chi connectivity index (χ1) is 17.2. The van der Waals surface area contributed by atoms with Gasteiger partial charge in [-0.05, 0) is 80.4 Å². The van der Waals surface area contributed by atoms with Crippen LogP contribution in [0.25, 0.3) is 0 Å². The first-order valence-electron chi connectivity index (χ1n) is 11.4. The summed E-state index contributed by atoms with van der Waals surface area (Å²) in [6.45, 7) is 4.98. The zero-order chi connectivity index (χ0) is 26.1. The number of hydrogen-bond acceptors (Lipinski definition) is 6. The number of rotatable bonds is 10. The van der Waals surface area contributed by atoms with E-state index in [1.165, 1.54) is 18.6 Å². The summed E-state index contributed by atoms with van der Waals surface area (Å²) < 4.78 is 10.8. The molecule has 0 saturated carbocycles. The number of nitrogens with one attached hydrogen (secondary N) is 2. The molecule has 0 saturated heterocycles. The Hall–Kier alpha value is -4.46. The molecule has 2 amide bonds. The van der Waals surface area contributed by atoms with Crippen LogP contribution in [-0.2, 0) is 19.1 Å². The number of Topliss-reactive ketones (excluding diaryl/α,β-unsaturated/α-hetero) is 1. The lowest BCUT2D eigenvalue weighted by molar-refractivity contribution is -0.147. The van der Waals surface area contributed by atoms with Gasteiger partial charge in [-0.1, -0.05) is 18.2 Å². The minimum absolute atomic E-state index is 0.0952. The third-order valence-corrected chi connectivity index (χ3v) is 5.33. The summed E-state index contributed by atoms with van der Waals surface area (Å²) in [6, 6.07) is 19.2. The molecule has 0 bridgehead atoms. The summed E-state index contributed by atoms with van der Waals surface area (Å²) in [4.78, 5) is 47.5. The molecule has 36 heavy (non-hydrogen) atoms. The molecule has 0 aliphatic rings. The highest BCUT2D eigenvalue weighted by molar-refractivity contribution is 5.98. The fourth-order valence-corrected chi connectivity index (χ4v) is 3.19. The van der Waals surface area contributed by atoms with Crippen molar-refractivity contribution in [2.75, 3.05) is 17.2 Å². The fraction of sp³-hybridized carbons (Fsp3) is 0.214. The van der Waals surface area contributed by atoms with Crippen molar-refractivity contribution in [2.45, 2.75) is 33.6 Å². The number of aryl methyl sites for hydroxylation is 2. The number of ketones is 1. The van der Waals surface area contributed by atoms with E-state index in [1.807, 2.05) is 32.0 Å². The molecule has 0 heterocycles. The molecule has 0 fully saturated rings. The van der Waals surface area contributed by atoms with E-state index in [1.54, 1.807) is 42.5 Å². The SMILES string of the molecule is CC(=O)c1cccc(NC(=O)COC(=O)CCC(=O)Nc2ccc(Oc3ccc(C)c(C)c3)cc2)c1.